The van der Waals surface area contributed by atoms with Gasteiger partial charge >= 0.3 is 0 Å². The Balaban J connectivity index is 2.01. The van der Waals surface area contributed by atoms with Crippen LogP contribution < -0.4 is 0 Å². The lowest BCUT2D eigenvalue weighted by Gasteiger charge is -2.02. The maximum atomic E-state index is 4.72. The Morgan fingerprint density at radius 3 is 2.80 bits per heavy atom. The number of aromatic nitrogens is 4. The van der Waals surface area contributed by atoms with Crippen molar-refractivity contribution in [1.82, 2.24) is 19.5 Å². The molecule has 0 amide bonds. The molecule has 0 unspecified atom stereocenters. The van der Waals surface area contributed by atoms with E-state index in [2.05, 4.69) is 32.0 Å². The molecule has 0 bridgehead atoms. The molecule has 1 aromatic carbocycles. The molecule has 4 rings (SSSR count). The van der Waals surface area contributed by atoms with Crippen molar-refractivity contribution >= 4 is 33.4 Å². The summed E-state index contributed by atoms with van der Waals surface area (Å²) in [7, 11) is 2.02. The molecule has 0 saturated heterocycles. The van der Waals surface area contributed by atoms with Crippen molar-refractivity contribution in [3.63, 3.8) is 0 Å². The number of hydrogen-bond donors (Lipinski definition) is 0. The van der Waals surface area contributed by atoms with Gasteiger partial charge in [0, 0.05) is 7.05 Å². The van der Waals surface area contributed by atoms with Gasteiger partial charge in [0.15, 0.2) is 0 Å². The molecule has 0 aliphatic heterocycles. The molecule has 98 valence electrons. The van der Waals surface area contributed by atoms with Crippen LogP contribution in [0.25, 0.3) is 32.6 Å². The van der Waals surface area contributed by atoms with Crippen LogP contribution in [0.4, 0.5) is 0 Å². The zero-order valence-electron chi connectivity index (χ0n) is 11.2. The van der Waals surface area contributed by atoms with Crippen LogP contribution >= 0.6 is 11.3 Å². The molecule has 0 atom stereocenters. The van der Waals surface area contributed by atoms with E-state index in [0.717, 1.165) is 38.5 Å². The van der Waals surface area contributed by atoms with Crippen molar-refractivity contribution in [3.05, 3.63) is 41.7 Å². The highest BCUT2D eigenvalue weighted by atomic mass is 32.1. The maximum absolute atomic E-state index is 4.72. The van der Waals surface area contributed by atoms with E-state index in [1.165, 1.54) is 0 Å². The average Bonchev–Trinajstić information content (AvgIpc) is 3.07. The highest BCUT2D eigenvalue weighted by Gasteiger charge is 2.09. The van der Waals surface area contributed by atoms with Gasteiger partial charge < -0.3 is 4.57 Å². The Hall–Kier alpha value is -2.27. The van der Waals surface area contributed by atoms with Crippen molar-refractivity contribution < 1.29 is 0 Å². The van der Waals surface area contributed by atoms with E-state index in [0.29, 0.717) is 0 Å². The molecule has 3 aromatic heterocycles. The minimum absolute atomic E-state index is 0.885. The van der Waals surface area contributed by atoms with Crippen molar-refractivity contribution in [2.75, 3.05) is 0 Å². The van der Waals surface area contributed by atoms with Crippen LogP contribution in [0.2, 0.25) is 0 Å². The summed E-state index contributed by atoms with van der Waals surface area (Å²) in [6.07, 6.45) is 1.83. The van der Waals surface area contributed by atoms with Crippen molar-refractivity contribution in [1.29, 1.82) is 0 Å². The summed E-state index contributed by atoms with van der Waals surface area (Å²) in [6, 6.07) is 8.16. The number of rotatable bonds is 1. The molecule has 0 radical (unpaired) electrons. The molecule has 4 nitrogen and oxygen atoms in total. The fourth-order valence-corrected chi connectivity index (χ4v) is 3.04. The minimum atomic E-state index is 0.885. The lowest BCUT2D eigenvalue weighted by molar-refractivity contribution is 0.886. The largest absolute Gasteiger partial charge is 0.331 e. The minimum Gasteiger partial charge on any atom is -0.331 e. The summed E-state index contributed by atoms with van der Waals surface area (Å²) in [4.78, 5) is 14.9. The van der Waals surface area contributed by atoms with Gasteiger partial charge in [0.2, 0.25) is 0 Å². The van der Waals surface area contributed by atoms with E-state index < -0.39 is 0 Å². The van der Waals surface area contributed by atoms with Crippen LogP contribution in [0.1, 0.15) is 5.82 Å². The molecule has 3 heterocycles. The SMILES string of the molecule is Cc1nc2cc3ncc(-c4cccs4)nc3cc2n1C. The number of thiophene rings is 1. The van der Waals surface area contributed by atoms with Gasteiger partial charge in [-0.1, -0.05) is 6.07 Å². The summed E-state index contributed by atoms with van der Waals surface area (Å²) in [5.41, 5.74) is 4.77. The average molecular weight is 280 g/mol. The van der Waals surface area contributed by atoms with Gasteiger partial charge in [0.1, 0.15) is 5.82 Å². The summed E-state index contributed by atoms with van der Waals surface area (Å²) < 4.78 is 2.08. The van der Waals surface area contributed by atoms with Gasteiger partial charge in [0.25, 0.3) is 0 Å². The normalized spacial score (nSPS) is 11.5. The monoisotopic (exact) mass is 280 g/mol. The van der Waals surface area contributed by atoms with E-state index >= 15 is 0 Å². The third-order valence-corrected chi connectivity index (χ3v) is 4.43. The third kappa shape index (κ3) is 1.63. The van der Waals surface area contributed by atoms with E-state index in [9.17, 15) is 0 Å². The number of benzene rings is 1. The first kappa shape index (κ1) is 11.5. The van der Waals surface area contributed by atoms with Gasteiger partial charge in [-0.3, -0.25) is 4.98 Å². The van der Waals surface area contributed by atoms with Crippen LogP contribution in [0.3, 0.4) is 0 Å². The molecule has 5 heteroatoms. The van der Waals surface area contributed by atoms with E-state index in [4.69, 9.17) is 4.98 Å². The summed E-state index contributed by atoms with van der Waals surface area (Å²) in [5, 5.41) is 2.05. The Labute approximate surface area is 119 Å². The van der Waals surface area contributed by atoms with Gasteiger partial charge in [-0.2, -0.15) is 0 Å². The molecular formula is C15H12N4S. The number of imidazole rings is 1. The number of fused-ring (bicyclic) bond motifs is 2. The highest BCUT2D eigenvalue weighted by Crippen LogP contribution is 2.26. The number of nitrogens with zero attached hydrogens (tertiary/aromatic N) is 4. The van der Waals surface area contributed by atoms with E-state index in [1.54, 1.807) is 11.3 Å². The summed E-state index contributed by atoms with van der Waals surface area (Å²) >= 11 is 1.68. The Kier molecular flexibility index (Phi) is 2.37. The van der Waals surface area contributed by atoms with Gasteiger partial charge in [-0.25, -0.2) is 9.97 Å². The molecule has 0 aliphatic carbocycles. The predicted octanol–water partition coefficient (Wildman–Crippen LogP) is 3.55. The topological polar surface area (TPSA) is 43.6 Å². The van der Waals surface area contributed by atoms with Crippen LogP contribution in [0, 0.1) is 6.92 Å². The second-order valence-electron chi connectivity index (χ2n) is 4.78. The lowest BCUT2D eigenvalue weighted by atomic mass is 10.2. The number of hydrogen-bond acceptors (Lipinski definition) is 4. The van der Waals surface area contributed by atoms with E-state index in [1.807, 2.05) is 32.3 Å². The lowest BCUT2D eigenvalue weighted by Crippen LogP contribution is -1.91. The zero-order chi connectivity index (χ0) is 13.7. The predicted molar refractivity (Wildman–Crippen MR) is 81.9 cm³/mol. The van der Waals surface area contributed by atoms with Gasteiger partial charge in [-0.05, 0) is 30.5 Å². The Morgan fingerprint density at radius 1 is 1.10 bits per heavy atom. The van der Waals surface area contributed by atoms with Crippen LogP contribution in [-0.4, -0.2) is 19.5 Å². The first-order chi connectivity index (χ1) is 9.72. The zero-order valence-corrected chi connectivity index (χ0v) is 12.0. The molecule has 4 aromatic rings. The summed E-state index contributed by atoms with van der Waals surface area (Å²) in [5.74, 6) is 0.994. The smallest absolute Gasteiger partial charge is 0.106 e. The molecule has 0 spiro atoms. The second-order valence-corrected chi connectivity index (χ2v) is 5.73. The Morgan fingerprint density at radius 2 is 2.00 bits per heavy atom. The molecule has 0 N–H and O–H groups in total. The van der Waals surface area contributed by atoms with Crippen molar-refractivity contribution in [3.8, 4) is 10.6 Å². The van der Waals surface area contributed by atoms with Gasteiger partial charge in [-0.15, -0.1) is 11.3 Å². The standard InChI is InChI=1S/C15H12N4S/c1-9-17-12-6-10-11(7-14(12)19(9)2)18-13(8-16-10)15-4-3-5-20-15/h3-8H,1-2H3. The quantitative estimate of drug-likeness (QED) is 0.535. The first-order valence-corrected chi connectivity index (χ1v) is 7.24. The van der Waals surface area contributed by atoms with Gasteiger partial charge in [0.05, 0.1) is 38.8 Å². The van der Waals surface area contributed by atoms with Crippen LogP contribution in [0.15, 0.2) is 35.8 Å². The molecule has 0 saturated carbocycles. The fourth-order valence-electron chi connectivity index (χ4n) is 2.36. The molecule has 0 fully saturated rings. The third-order valence-electron chi connectivity index (χ3n) is 3.54. The first-order valence-electron chi connectivity index (χ1n) is 6.36. The number of aryl methyl sites for hydroxylation is 2. The van der Waals surface area contributed by atoms with Crippen molar-refractivity contribution in [2.24, 2.45) is 7.05 Å². The molecule has 20 heavy (non-hydrogen) atoms. The van der Waals surface area contributed by atoms with Crippen LogP contribution in [-0.2, 0) is 7.05 Å². The molecule has 0 aliphatic rings. The molecular weight excluding hydrogens is 268 g/mol. The second kappa shape index (κ2) is 4.11. The maximum Gasteiger partial charge on any atom is 0.106 e. The van der Waals surface area contributed by atoms with Crippen LogP contribution in [0.5, 0.6) is 0 Å². The Bertz CT molecular complexity index is 922. The van der Waals surface area contributed by atoms with E-state index in [-0.39, 0.29) is 0 Å². The highest BCUT2D eigenvalue weighted by molar-refractivity contribution is 7.13. The fraction of sp³-hybridized carbons (Fsp3) is 0.133. The summed E-state index contributed by atoms with van der Waals surface area (Å²) in [6.45, 7) is 2.00. The van der Waals surface area contributed by atoms with Crippen molar-refractivity contribution in [2.45, 2.75) is 6.92 Å².